The van der Waals surface area contributed by atoms with Gasteiger partial charge in [0.2, 0.25) is 0 Å². The number of benzene rings is 3. The Morgan fingerprint density at radius 1 is 1.00 bits per heavy atom. The van der Waals surface area contributed by atoms with Crippen LogP contribution in [0.25, 0.3) is 0 Å². The predicted octanol–water partition coefficient (Wildman–Crippen LogP) is 4.43. The molecule has 1 aliphatic rings. The second-order valence-corrected chi connectivity index (χ2v) is 6.23. The number of carbonyl (C=O) groups excluding carboxylic acids is 1. The lowest BCUT2D eigenvalue weighted by atomic mass is 10.1. The lowest BCUT2D eigenvalue weighted by Crippen LogP contribution is -2.20. The van der Waals surface area contributed by atoms with Crippen molar-refractivity contribution in [3.8, 4) is 17.2 Å². The summed E-state index contributed by atoms with van der Waals surface area (Å²) in [6, 6.07) is 18.5. The molecule has 1 aliphatic heterocycles. The minimum Gasteiger partial charge on any atom is -0.489 e. The molecule has 142 valence electrons. The molecule has 4 rings (SSSR count). The summed E-state index contributed by atoms with van der Waals surface area (Å²) < 4.78 is 30.0. The Balaban J connectivity index is 1.45. The fourth-order valence-electron chi connectivity index (χ4n) is 2.91. The van der Waals surface area contributed by atoms with Gasteiger partial charge >= 0.3 is 0 Å². The van der Waals surface area contributed by atoms with Gasteiger partial charge in [-0.3, -0.25) is 4.79 Å². The van der Waals surface area contributed by atoms with Crippen LogP contribution in [0.3, 0.4) is 0 Å². The lowest BCUT2D eigenvalue weighted by Gasteiger charge is -2.20. The zero-order valence-corrected chi connectivity index (χ0v) is 15.0. The third-order valence-electron chi connectivity index (χ3n) is 4.20. The van der Waals surface area contributed by atoms with Crippen LogP contribution in [0, 0.1) is 5.82 Å². The van der Waals surface area contributed by atoms with Gasteiger partial charge in [0.05, 0.1) is 5.56 Å². The molecule has 1 heterocycles. The largest absolute Gasteiger partial charge is 0.489 e. The first-order chi connectivity index (χ1) is 13.7. The Morgan fingerprint density at radius 2 is 1.82 bits per heavy atom. The van der Waals surface area contributed by atoms with Crippen molar-refractivity contribution in [2.45, 2.75) is 6.61 Å². The molecule has 6 heteroatoms. The Bertz CT molecular complexity index is 1010. The van der Waals surface area contributed by atoms with E-state index >= 15 is 0 Å². The fourth-order valence-corrected chi connectivity index (χ4v) is 2.91. The molecular formula is C22H18FNO4. The van der Waals surface area contributed by atoms with Gasteiger partial charge in [-0.05, 0) is 42.0 Å². The molecule has 3 aromatic carbocycles. The monoisotopic (exact) mass is 379 g/mol. The molecule has 0 saturated heterocycles. The highest BCUT2D eigenvalue weighted by molar-refractivity contribution is 6.06. The molecule has 1 N–H and O–H groups in total. The Labute approximate surface area is 161 Å². The van der Waals surface area contributed by atoms with Gasteiger partial charge in [-0.25, -0.2) is 4.39 Å². The fraction of sp³-hybridized carbons (Fsp3) is 0.136. The standard InChI is InChI=1S/C22H18FNO4/c23-16-5-2-7-18(13-16)28-14-15-4-1-6-17(12-15)24-22(25)19-8-3-9-20-21(19)27-11-10-26-20/h1-9,12-13H,10-11,14H2,(H,24,25). The first-order valence-corrected chi connectivity index (χ1v) is 8.86. The summed E-state index contributed by atoms with van der Waals surface area (Å²) >= 11 is 0. The second-order valence-electron chi connectivity index (χ2n) is 6.23. The predicted molar refractivity (Wildman–Crippen MR) is 103 cm³/mol. The Kier molecular flexibility index (Phi) is 5.10. The second kappa shape index (κ2) is 8.00. The molecule has 5 nitrogen and oxygen atoms in total. The van der Waals surface area contributed by atoms with E-state index in [2.05, 4.69) is 5.32 Å². The van der Waals surface area contributed by atoms with Crippen LogP contribution >= 0.6 is 0 Å². The van der Waals surface area contributed by atoms with Crippen molar-refractivity contribution in [2.24, 2.45) is 0 Å². The maximum absolute atomic E-state index is 13.2. The molecule has 0 radical (unpaired) electrons. The first kappa shape index (κ1) is 17.9. The van der Waals surface area contributed by atoms with E-state index in [1.807, 2.05) is 18.2 Å². The number of rotatable bonds is 5. The minimum atomic E-state index is -0.351. The van der Waals surface area contributed by atoms with Gasteiger partial charge in [0.15, 0.2) is 11.5 Å². The van der Waals surface area contributed by atoms with Gasteiger partial charge in [0, 0.05) is 11.8 Å². The summed E-state index contributed by atoms with van der Waals surface area (Å²) in [5.41, 5.74) is 1.88. The van der Waals surface area contributed by atoms with E-state index in [0.29, 0.717) is 41.7 Å². The highest BCUT2D eigenvalue weighted by atomic mass is 19.1. The van der Waals surface area contributed by atoms with Crippen LogP contribution in [-0.4, -0.2) is 19.1 Å². The number of carbonyl (C=O) groups is 1. The van der Waals surface area contributed by atoms with Crippen molar-refractivity contribution in [3.05, 3.63) is 83.7 Å². The number of anilines is 1. The summed E-state index contributed by atoms with van der Waals surface area (Å²) in [6.07, 6.45) is 0. The van der Waals surface area contributed by atoms with Crippen molar-refractivity contribution < 1.29 is 23.4 Å². The third kappa shape index (κ3) is 4.06. The van der Waals surface area contributed by atoms with Gasteiger partial charge in [-0.2, -0.15) is 0 Å². The van der Waals surface area contributed by atoms with Crippen molar-refractivity contribution in [3.63, 3.8) is 0 Å². The molecular weight excluding hydrogens is 361 g/mol. The third-order valence-corrected chi connectivity index (χ3v) is 4.20. The van der Waals surface area contributed by atoms with E-state index in [4.69, 9.17) is 14.2 Å². The summed E-state index contributed by atoms with van der Waals surface area (Å²) in [5.74, 6) is 0.831. The summed E-state index contributed by atoms with van der Waals surface area (Å²) in [7, 11) is 0. The molecule has 0 spiro atoms. The van der Waals surface area contributed by atoms with Gasteiger partial charge in [-0.15, -0.1) is 0 Å². The van der Waals surface area contributed by atoms with E-state index < -0.39 is 0 Å². The van der Waals surface area contributed by atoms with Gasteiger partial charge < -0.3 is 19.5 Å². The molecule has 0 saturated carbocycles. The first-order valence-electron chi connectivity index (χ1n) is 8.86. The molecule has 1 amide bonds. The van der Waals surface area contributed by atoms with Gasteiger partial charge in [0.1, 0.15) is 31.4 Å². The number of nitrogens with one attached hydrogen (secondary N) is 1. The van der Waals surface area contributed by atoms with Crippen LogP contribution in [0.5, 0.6) is 17.2 Å². The molecule has 0 aromatic heterocycles. The Hall–Kier alpha value is -3.54. The van der Waals surface area contributed by atoms with Crippen molar-refractivity contribution >= 4 is 11.6 Å². The summed E-state index contributed by atoms with van der Waals surface area (Å²) in [5, 5.41) is 2.87. The summed E-state index contributed by atoms with van der Waals surface area (Å²) in [6.45, 7) is 1.13. The van der Waals surface area contributed by atoms with Crippen LogP contribution in [0.15, 0.2) is 66.7 Å². The quantitative estimate of drug-likeness (QED) is 0.713. The van der Waals surface area contributed by atoms with Crippen molar-refractivity contribution in [2.75, 3.05) is 18.5 Å². The Morgan fingerprint density at radius 3 is 2.71 bits per heavy atom. The van der Waals surface area contributed by atoms with Crippen LogP contribution in [-0.2, 0) is 6.61 Å². The maximum atomic E-state index is 13.2. The highest BCUT2D eigenvalue weighted by Crippen LogP contribution is 2.34. The molecule has 0 atom stereocenters. The lowest BCUT2D eigenvalue weighted by molar-refractivity contribution is 0.101. The number of halogens is 1. The van der Waals surface area contributed by atoms with Crippen LogP contribution < -0.4 is 19.5 Å². The van der Waals surface area contributed by atoms with Gasteiger partial charge in [0.25, 0.3) is 5.91 Å². The topological polar surface area (TPSA) is 56.8 Å². The SMILES string of the molecule is O=C(Nc1cccc(COc2cccc(F)c2)c1)c1cccc2c1OCCO2. The highest BCUT2D eigenvalue weighted by Gasteiger charge is 2.20. The zero-order chi connectivity index (χ0) is 19.3. The number of hydrogen-bond acceptors (Lipinski definition) is 4. The van der Waals surface area contributed by atoms with E-state index in [9.17, 15) is 9.18 Å². The number of hydrogen-bond donors (Lipinski definition) is 1. The number of fused-ring (bicyclic) bond motifs is 1. The van der Waals surface area contributed by atoms with Crippen LogP contribution in [0.1, 0.15) is 15.9 Å². The van der Waals surface area contributed by atoms with Crippen molar-refractivity contribution in [1.82, 2.24) is 0 Å². The number of para-hydroxylation sites is 1. The van der Waals surface area contributed by atoms with E-state index in [-0.39, 0.29) is 18.3 Å². The summed E-state index contributed by atoms with van der Waals surface area (Å²) in [4.78, 5) is 12.7. The van der Waals surface area contributed by atoms with E-state index in [0.717, 1.165) is 5.56 Å². The molecule has 0 aliphatic carbocycles. The van der Waals surface area contributed by atoms with E-state index in [1.165, 1.54) is 12.1 Å². The molecule has 3 aromatic rings. The van der Waals surface area contributed by atoms with Crippen LogP contribution in [0.4, 0.5) is 10.1 Å². The maximum Gasteiger partial charge on any atom is 0.259 e. The van der Waals surface area contributed by atoms with Crippen LogP contribution in [0.2, 0.25) is 0 Å². The molecule has 0 unspecified atom stereocenters. The van der Waals surface area contributed by atoms with Gasteiger partial charge in [-0.1, -0.05) is 24.3 Å². The molecule has 28 heavy (non-hydrogen) atoms. The average molecular weight is 379 g/mol. The molecule has 0 bridgehead atoms. The minimum absolute atomic E-state index is 0.255. The number of ether oxygens (including phenoxy) is 3. The normalized spacial score (nSPS) is 12.3. The van der Waals surface area contributed by atoms with E-state index in [1.54, 1.807) is 36.4 Å². The van der Waals surface area contributed by atoms with Crippen molar-refractivity contribution in [1.29, 1.82) is 0 Å². The molecule has 0 fully saturated rings. The number of amides is 1. The smallest absolute Gasteiger partial charge is 0.259 e. The zero-order valence-electron chi connectivity index (χ0n) is 15.0. The average Bonchev–Trinajstić information content (AvgIpc) is 2.72.